The summed E-state index contributed by atoms with van der Waals surface area (Å²) in [7, 11) is 1.72. The molecule has 0 bridgehead atoms. The number of aromatic nitrogens is 2. The van der Waals surface area contributed by atoms with Crippen LogP contribution in [0.1, 0.15) is 38.3 Å². The van der Waals surface area contributed by atoms with Crippen LogP contribution < -0.4 is 5.32 Å². The lowest BCUT2D eigenvalue weighted by atomic mass is 9.88. The van der Waals surface area contributed by atoms with E-state index in [4.69, 9.17) is 0 Å². The maximum Gasteiger partial charge on any atom is 0.147 e. The molecule has 0 aliphatic rings. The lowest BCUT2D eigenvalue weighted by Gasteiger charge is -2.19. The number of imidazole rings is 1. The van der Waals surface area contributed by atoms with Gasteiger partial charge in [0.15, 0.2) is 0 Å². The molecular weight excluding hydrogens is 214 g/mol. The van der Waals surface area contributed by atoms with Gasteiger partial charge in [-0.25, -0.2) is 4.98 Å². The van der Waals surface area contributed by atoms with Crippen LogP contribution in [0.25, 0.3) is 5.65 Å². The molecule has 17 heavy (non-hydrogen) atoms. The Balaban J connectivity index is 2.58. The highest BCUT2D eigenvalue weighted by molar-refractivity contribution is 5.43. The molecule has 2 aromatic heterocycles. The summed E-state index contributed by atoms with van der Waals surface area (Å²) in [5, 5.41) is 12.7. The Morgan fingerprint density at radius 1 is 1.35 bits per heavy atom. The number of nitrogens with zero attached hydrogens (tertiary/aromatic N) is 2. The minimum absolute atomic E-state index is 0.0837. The number of pyridine rings is 1. The molecular formula is C13H19N3O. The SMILES string of the molecule is CNC(O)c1cnc2ccc(C(C)(C)C)cn12. The molecule has 4 heteroatoms. The average Bonchev–Trinajstić information content (AvgIpc) is 2.69. The van der Waals surface area contributed by atoms with E-state index in [1.807, 2.05) is 16.7 Å². The number of hydrogen-bond acceptors (Lipinski definition) is 3. The Morgan fingerprint density at radius 2 is 2.06 bits per heavy atom. The van der Waals surface area contributed by atoms with Gasteiger partial charge in [-0.2, -0.15) is 0 Å². The third-order valence-corrected chi connectivity index (χ3v) is 2.95. The van der Waals surface area contributed by atoms with Crippen LogP contribution in [0, 0.1) is 0 Å². The molecule has 0 saturated carbocycles. The molecule has 2 N–H and O–H groups in total. The molecule has 1 atom stereocenters. The first-order chi connectivity index (χ1) is 7.93. The van der Waals surface area contributed by atoms with Crippen LogP contribution in [0.5, 0.6) is 0 Å². The number of nitrogens with one attached hydrogen (secondary N) is 1. The lowest BCUT2D eigenvalue weighted by Crippen LogP contribution is -2.18. The predicted molar refractivity (Wildman–Crippen MR) is 67.9 cm³/mol. The Labute approximate surface area is 101 Å². The van der Waals surface area contributed by atoms with E-state index in [1.54, 1.807) is 13.2 Å². The molecule has 0 aliphatic carbocycles. The maximum atomic E-state index is 9.84. The van der Waals surface area contributed by atoms with Crippen molar-refractivity contribution >= 4 is 5.65 Å². The van der Waals surface area contributed by atoms with E-state index in [0.717, 1.165) is 11.3 Å². The third kappa shape index (κ3) is 2.18. The molecule has 0 aliphatic heterocycles. The summed E-state index contributed by atoms with van der Waals surface area (Å²) in [5.41, 5.74) is 2.91. The van der Waals surface area contributed by atoms with Gasteiger partial charge in [0.25, 0.3) is 0 Å². The van der Waals surface area contributed by atoms with Gasteiger partial charge in [0.1, 0.15) is 11.9 Å². The number of aliphatic hydroxyl groups excluding tert-OH is 1. The lowest BCUT2D eigenvalue weighted by molar-refractivity contribution is 0.143. The minimum atomic E-state index is -0.694. The van der Waals surface area contributed by atoms with E-state index in [0.29, 0.717) is 0 Å². The molecule has 4 nitrogen and oxygen atoms in total. The fraction of sp³-hybridized carbons (Fsp3) is 0.462. The highest BCUT2D eigenvalue weighted by Gasteiger charge is 2.16. The van der Waals surface area contributed by atoms with Crippen molar-refractivity contribution in [2.45, 2.75) is 32.4 Å². The Hall–Kier alpha value is -1.39. The van der Waals surface area contributed by atoms with E-state index < -0.39 is 6.23 Å². The summed E-state index contributed by atoms with van der Waals surface area (Å²) in [6.45, 7) is 6.50. The summed E-state index contributed by atoms with van der Waals surface area (Å²) in [6.07, 6.45) is 3.04. The van der Waals surface area contributed by atoms with Crippen LogP contribution in [0.4, 0.5) is 0 Å². The van der Waals surface area contributed by atoms with Crippen molar-refractivity contribution in [3.8, 4) is 0 Å². The molecule has 0 amide bonds. The van der Waals surface area contributed by atoms with Crippen molar-refractivity contribution < 1.29 is 5.11 Å². The molecule has 0 saturated heterocycles. The van der Waals surface area contributed by atoms with Gasteiger partial charge >= 0.3 is 0 Å². The fourth-order valence-electron chi connectivity index (χ4n) is 1.79. The van der Waals surface area contributed by atoms with Gasteiger partial charge in [-0.3, -0.25) is 9.72 Å². The second kappa shape index (κ2) is 4.13. The second-order valence-electron chi connectivity index (χ2n) is 5.27. The van der Waals surface area contributed by atoms with Gasteiger partial charge < -0.3 is 5.11 Å². The van der Waals surface area contributed by atoms with Crippen molar-refractivity contribution in [2.75, 3.05) is 7.05 Å². The molecule has 2 aromatic rings. The van der Waals surface area contributed by atoms with E-state index in [2.05, 4.69) is 37.1 Å². The summed E-state index contributed by atoms with van der Waals surface area (Å²) >= 11 is 0. The van der Waals surface area contributed by atoms with Crippen LogP contribution >= 0.6 is 0 Å². The van der Waals surface area contributed by atoms with E-state index in [1.165, 1.54) is 5.56 Å². The van der Waals surface area contributed by atoms with Gasteiger partial charge in [0.2, 0.25) is 0 Å². The predicted octanol–water partition coefficient (Wildman–Crippen LogP) is 1.84. The Morgan fingerprint density at radius 3 is 2.65 bits per heavy atom. The molecule has 0 radical (unpaired) electrons. The van der Waals surface area contributed by atoms with Crippen LogP contribution in [-0.2, 0) is 5.41 Å². The highest BCUT2D eigenvalue weighted by Crippen LogP contribution is 2.23. The van der Waals surface area contributed by atoms with Gasteiger partial charge in [-0.15, -0.1) is 0 Å². The van der Waals surface area contributed by atoms with E-state index >= 15 is 0 Å². The van der Waals surface area contributed by atoms with Crippen molar-refractivity contribution in [1.82, 2.24) is 14.7 Å². The standard InChI is InChI=1S/C13H19N3O/c1-13(2,3)9-5-6-11-15-7-10(12(17)14-4)16(11)8-9/h5-8,12,14,17H,1-4H3. The average molecular weight is 233 g/mol. The van der Waals surface area contributed by atoms with Crippen molar-refractivity contribution in [1.29, 1.82) is 0 Å². The molecule has 1 unspecified atom stereocenters. The Kier molecular flexibility index (Phi) is 2.93. The summed E-state index contributed by atoms with van der Waals surface area (Å²) in [6, 6.07) is 4.06. The number of rotatable bonds is 2. The zero-order chi connectivity index (χ0) is 12.6. The monoisotopic (exact) mass is 233 g/mol. The molecule has 0 fully saturated rings. The van der Waals surface area contributed by atoms with Crippen LogP contribution in [0.2, 0.25) is 0 Å². The summed E-state index contributed by atoms with van der Waals surface area (Å²) < 4.78 is 1.93. The second-order valence-corrected chi connectivity index (χ2v) is 5.27. The van der Waals surface area contributed by atoms with Gasteiger partial charge in [0, 0.05) is 6.20 Å². The molecule has 0 spiro atoms. The normalized spacial score (nSPS) is 14.2. The minimum Gasteiger partial charge on any atom is -0.373 e. The van der Waals surface area contributed by atoms with Gasteiger partial charge in [0.05, 0.1) is 11.9 Å². The third-order valence-electron chi connectivity index (χ3n) is 2.95. The van der Waals surface area contributed by atoms with Crippen LogP contribution in [-0.4, -0.2) is 21.5 Å². The topological polar surface area (TPSA) is 49.6 Å². The van der Waals surface area contributed by atoms with E-state index in [-0.39, 0.29) is 5.41 Å². The van der Waals surface area contributed by atoms with Gasteiger partial charge in [-0.1, -0.05) is 26.8 Å². The molecule has 2 heterocycles. The largest absolute Gasteiger partial charge is 0.373 e. The van der Waals surface area contributed by atoms with Crippen molar-refractivity contribution in [3.05, 3.63) is 35.8 Å². The van der Waals surface area contributed by atoms with Crippen LogP contribution in [0.3, 0.4) is 0 Å². The first-order valence-corrected chi connectivity index (χ1v) is 5.76. The number of hydrogen-bond donors (Lipinski definition) is 2. The summed E-state index contributed by atoms with van der Waals surface area (Å²) in [4.78, 5) is 4.27. The first kappa shape index (κ1) is 12.1. The highest BCUT2D eigenvalue weighted by atomic mass is 16.3. The van der Waals surface area contributed by atoms with Crippen LogP contribution in [0.15, 0.2) is 24.5 Å². The first-order valence-electron chi connectivity index (χ1n) is 5.76. The quantitative estimate of drug-likeness (QED) is 0.778. The van der Waals surface area contributed by atoms with E-state index in [9.17, 15) is 5.11 Å². The maximum absolute atomic E-state index is 9.84. The molecule has 2 rings (SSSR count). The number of fused-ring (bicyclic) bond motifs is 1. The fourth-order valence-corrected chi connectivity index (χ4v) is 1.79. The molecule has 0 aromatic carbocycles. The summed E-state index contributed by atoms with van der Waals surface area (Å²) in [5.74, 6) is 0. The van der Waals surface area contributed by atoms with Gasteiger partial charge in [-0.05, 0) is 24.1 Å². The zero-order valence-corrected chi connectivity index (χ0v) is 10.7. The van der Waals surface area contributed by atoms with Crippen molar-refractivity contribution in [3.63, 3.8) is 0 Å². The molecule has 92 valence electrons. The smallest absolute Gasteiger partial charge is 0.147 e. The Bertz CT molecular complexity index is 525. The zero-order valence-electron chi connectivity index (χ0n) is 10.7. The van der Waals surface area contributed by atoms with Crippen molar-refractivity contribution in [2.24, 2.45) is 0 Å². The number of aliphatic hydroxyl groups is 1.